The highest BCUT2D eigenvalue weighted by Crippen LogP contribution is 2.16. The van der Waals surface area contributed by atoms with E-state index in [4.69, 9.17) is 25.4 Å². The van der Waals surface area contributed by atoms with E-state index in [1.54, 1.807) is 7.11 Å². The highest BCUT2D eigenvalue weighted by molar-refractivity contribution is 5.77. The van der Waals surface area contributed by atoms with Crippen molar-refractivity contribution in [1.82, 2.24) is 15.0 Å². The van der Waals surface area contributed by atoms with E-state index in [2.05, 4.69) is 15.0 Å². The maximum Gasteiger partial charge on any atom is 0.324 e. The molecule has 9 nitrogen and oxygen atoms in total. The molecule has 9 heteroatoms. The third-order valence-corrected chi connectivity index (χ3v) is 2.45. The normalized spacial score (nSPS) is 10.2. The van der Waals surface area contributed by atoms with Crippen LogP contribution in [0.25, 0.3) is 0 Å². The molecule has 0 radical (unpaired) electrons. The molecule has 0 unspecified atom stereocenters. The fourth-order valence-electron chi connectivity index (χ4n) is 1.42. The number of rotatable bonds is 9. The lowest BCUT2D eigenvalue weighted by Gasteiger charge is -2.22. The summed E-state index contributed by atoms with van der Waals surface area (Å²) in [5.74, 6) is 0.493. The van der Waals surface area contributed by atoms with Gasteiger partial charge in [-0.2, -0.15) is 9.97 Å². The van der Waals surface area contributed by atoms with Crippen LogP contribution in [0.2, 0.25) is 0 Å². The van der Waals surface area contributed by atoms with Crippen molar-refractivity contribution in [2.75, 3.05) is 45.9 Å². The molecule has 1 rings (SSSR count). The zero-order valence-corrected chi connectivity index (χ0v) is 11.9. The lowest BCUT2D eigenvalue weighted by molar-refractivity contribution is 0.205. The highest BCUT2D eigenvalue weighted by Gasteiger charge is 2.14. The Morgan fingerprint density at radius 3 is 2.15 bits per heavy atom. The molecule has 0 aliphatic rings. The van der Waals surface area contributed by atoms with Crippen LogP contribution in [0.1, 0.15) is 6.42 Å². The summed E-state index contributed by atoms with van der Waals surface area (Å²) in [6.07, 6.45) is 0.403. The fourth-order valence-corrected chi connectivity index (χ4v) is 1.42. The molecule has 0 atom stereocenters. The third-order valence-electron chi connectivity index (χ3n) is 2.45. The summed E-state index contributed by atoms with van der Waals surface area (Å²) < 4.78 is 15.1. The van der Waals surface area contributed by atoms with Crippen molar-refractivity contribution < 1.29 is 14.2 Å². The van der Waals surface area contributed by atoms with Crippen LogP contribution in [-0.2, 0) is 4.74 Å². The zero-order valence-electron chi connectivity index (χ0n) is 11.9. The van der Waals surface area contributed by atoms with Crippen LogP contribution >= 0.6 is 0 Å². The number of hydrogen-bond acceptors (Lipinski definition) is 8. The molecule has 3 N–H and O–H groups in total. The second-order valence-corrected chi connectivity index (χ2v) is 3.86. The minimum Gasteiger partial charge on any atom is -0.467 e. The number of amidine groups is 1. The van der Waals surface area contributed by atoms with Gasteiger partial charge >= 0.3 is 12.0 Å². The van der Waals surface area contributed by atoms with Gasteiger partial charge in [0.25, 0.3) is 0 Å². The summed E-state index contributed by atoms with van der Waals surface area (Å²) in [6, 6.07) is 0.328. The van der Waals surface area contributed by atoms with Gasteiger partial charge in [0.1, 0.15) is 0 Å². The summed E-state index contributed by atoms with van der Waals surface area (Å²) in [4.78, 5) is 14.1. The average Bonchev–Trinajstić information content (AvgIpc) is 2.46. The van der Waals surface area contributed by atoms with Gasteiger partial charge in [-0.1, -0.05) is 0 Å². The zero-order chi connectivity index (χ0) is 15.0. The number of ether oxygens (including phenoxy) is 3. The van der Waals surface area contributed by atoms with Gasteiger partial charge in [-0.3, -0.25) is 5.41 Å². The van der Waals surface area contributed by atoms with Crippen molar-refractivity contribution in [3.63, 3.8) is 0 Å². The molecule has 1 heterocycles. The van der Waals surface area contributed by atoms with Gasteiger partial charge < -0.3 is 24.8 Å². The van der Waals surface area contributed by atoms with Gasteiger partial charge in [-0.15, -0.1) is 4.98 Å². The Balaban J connectivity index is 2.94. The Labute approximate surface area is 117 Å². The van der Waals surface area contributed by atoms with Crippen molar-refractivity contribution in [3.8, 4) is 12.0 Å². The summed E-state index contributed by atoms with van der Waals surface area (Å²) in [5, 5.41) is 7.30. The van der Waals surface area contributed by atoms with E-state index in [-0.39, 0.29) is 17.9 Å². The van der Waals surface area contributed by atoms with Crippen LogP contribution in [0, 0.1) is 5.41 Å². The molecule has 0 saturated carbocycles. The standard InChI is InChI=1S/C11H20N6O3/c1-18-7-6-17(5-4-8(12)13)9-14-10(19-2)16-11(15-9)20-3/h4-7H2,1-3H3,(H3,12,13). The first-order valence-corrected chi connectivity index (χ1v) is 6.01. The monoisotopic (exact) mass is 284 g/mol. The van der Waals surface area contributed by atoms with Crippen molar-refractivity contribution in [3.05, 3.63) is 0 Å². The molecule has 0 aromatic carbocycles. The van der Waals surface area contributed by atoms with Gasteiger partial charge in [-0.25, -0.2) is 0 Å². The Morgan fingerprint density at radius 2 is 1.70 bits per heavy atom. The molecule has 1 aromatic heterocycles. The summed E-state index contributed by atoms with van der Waals surface area (Å²) >= 11 is 0. The van der Waals surface area contributed by atoms with E-state index in [0.717, 1.165) is 0 Å². The first-order chi connectivity index (χ1) is 9.60. The van der Waals surface area contributed by atoms with Crippen LogP contribution in [0.15, 0.2) is 0 Å². The second kappa shape index (κ2) is 8.10. The van der Waals surface area contributed by atoms with Crippen LogP contribution in [0.5, 0.6) is 12.0 Å². The van der Waals surface area contributed by atoms with Crippen molar-refractivity contribution in [2.24, 2.45) is 5.73 Å². The van der Waals surface area contributed by atoms with E-state index in [9.17, 15) is 0 Å². The SMILES string of the molecule is COCCN(CCC(=N)N)c1nc(OC)nc(OC)n1. The van der Waals surface area contributed by atoms with Crippen LogP contribution in [-0.4, -0.2) is 61.8 Å². The molecule has 0 bridgehead atoms. The van der Waals surface area contributed by atoms with Crippen LogP contribution in [0.3, 0.4) is 0 Å². The second-order valence-electron chi connectivity index (χ2n) is 3.86. The molecule has 1 aromatic rings. The number of nitrogens with zero attached hydrogens (tertiary/aromatic N) is 4. The molecule has 20 heavy (non-hydrogen) atoms. The van der Waals surface area contributed by atoms with Crippen molar-refractivity contribution >= 4 is 11.8 Å². The highest BCUT2D eigenvalue weighted by atomic mass is 16.5. The minimum atomic E-state index is 0.0976. The maximum atomic E-state index is 7.30. The van der Waals surface area contributed by atoms with Crippen LogP contribution < -0.4 is 20.1 Å². The average molecular weight is 284 g/mol. The first kappa shape index (κ1) is 15.9. The van der Waals surface area contributed by atoms with E-state index in [1.807, 2.05) is 4.90 Å². The number of nitrogens with two attached hydrogens (primary N) is 1. The van der Waals surface area contributed by atoms with Gasteiger partial charge in [0.2, 0.25) is 5.95 Å². The Hall–Kier alpha value is -2.16. The molecule has 0 saturated heterocycles. The van der Waals surface area contributed by atoms with E-state index < -0.39 is 0 Å². The van der Waals surface area contributed by atoms with Crippen molar-refractivity contribution in [1.29, 1.82) is 5.41 Å². The first-order valence-electron chi connectivity index (χ1n) is 6.01. The smallest absolute Gasteiger partial charge is 0.324 e. The molecule has 0 aliphatic heterocycles. The van der Waals surface area contributed by atoms with Crippen molar-refractivity contribution in [2.45, 2.75) is 6.42 Å². The molecule has 0 spiro atoms. The third kappa shape index (κ3) is 4.84. The molecule has 0 fully saturated rings. The van der Waals surface area contributed by atoms with E-state index >= 15 is 0 Å². The Kier molecular flexibility index (Phi) is 6.44. The summed E-state index contributed by atoms with van der Waals surface area (Å²) in [5.41, 5.74) is 5.38. The molecular formula is C11H20N6O3. The predicted molar refractivity (Wildman–Crippen MR) is 73.6 cm³/mol. The topological polar surface area (TPSA) is 119 Å². The van der Waals surface area contributed by atoms with Gasteiger partial charge in [0, 0.05) is 26.6 Å². The lowest BCUT2D eigenvalue weighted by atomic mass is 10.3. The van der Waals surface area contributed by atoms with E-state index in [0.29, 0.717) is 32.1 Å². The number of anilines is 1. The number of methoxy groups -OCH3 is 3. The number of nitrogens with one attached hydrogen (secondary N) is 1. The largest absolute Gasteiger partial charge is 0.467 e. The number of hydrogen-bond donors (Lipinski definition) is 2. The number of aromatic nitrogens is 3. The quantitative estimate of drug-likeness (QED) is 0.467. The molecular weight excluding hydrogens is 264 g/mol. The predicted octanol–water partition coefficient (Wildman–Crippen LogP) is -0.332. The Morgan fingerprint density at radius 1 is 1.10 bits per heavy atom. The molecule has 0 amide bonds. The maximum absolute atomic E-state index is 7.30. The summed E-state index contributed by atoms with van der Waals surface area (Å²) in [6.45, 7) is 1.54. The van der Waals surface area contributed by atoms with E-state index in [1.165, 1.54) is 14.2 Å². The van der Waals surface area contributed by atoms with Gasteiger partial charge in [0.05, 0.1) is 26.7 Å². The Bertz CT molecular complexity index is 420. The van der Waals surface area contributed by atoms with Crippen LogP contribution in [0.4, 0.5) is 5.95 Å². The fraction of sp³-hybridized carbons (Fsp3) is 0.636. The molecule has 0 aliphatic carbocycles. The minimum absolute atomic E-state index is 0.0976. The lowest BCUT2D eigenvalue weighted by Crippen LogP contribution is -2.32. The van der Waals surface area contributed by atoms with Gasteiger partial charge in [-0.05, 0) is 0 Å². The van der Waals surface area contributed by atoms with Gasteiger partial charge in [0.15, 0.2) is 0 Å². The molecule has 112 valence electrons. The summed E-state index contributed by atoms with van der Waals surface area (Å²) in [7, 11) is 4.54.